The van der Waals surface area contributed by atoms with E-state index >= 15 is 0 Å². The summed E-state index contributed by atoms with van der Waals surface area (Å²) in [5.74, 6) is 0. The maximum Gasteiger partial charge on any atom is 0.0641 e. The minimum absolute atomic E-state index is 0.352. The van der Waals surface area contributed by atoms with E-state index in [1.165, 1.54) is 16.8 Å². The van der Waals surface area contributed by atoms with Gasteiger partial charge in [-0.05, 0) is 26.3 Å². The maximum atomic E-state index is 4.44. The van der Waals surface area contributed by atoms with Crippen LogP contribution in [0, 0.1) is 13.8 Å². The molecule has 2 rings (SSSR count). The summed E-state index contributed by atoms with van der Waals surface area (Å²) in [5, 5.41) is 7.99. The summed E-state index contributed by atoms with van der Waals surface area (Å²) in [4.78, 5) is 0. The predicted molar refractivity (Wildman–Crippen MR) is 74.4 cm³/mol. The van der Waals surface area contributed by atoms with Gasteiger partial charge in [0.15, 0.2) is 0 Å². The van der Waals surface area contributed by atoms with Gasteiger partial charge in [-0.2, -0.15) is 5.10 Å². The fourth-order valence-corrected chi connectivity index (χ4v) is 2.19. The highest BCUT2D eigenvalue weighted by molar-refractivity contribution is 5.25. The number of aromatic nitrogens is 2. The summed E-state index contributed by atoms with van der Waals surface area (Å²) in [6.45, 7) is 7.24. The van der Waals surface area contributed by atoms with E-state index < -0.39 is 0 Å². The summed E-state index contributed by atoms with van der Waals surface area (Å²) in [6, 6.07) is 10.9. The zero-order valence-electron chi connectivity index (χ0n) is 11.6. The molecule has 3 nitrogen and oxygen atoms in total. The topological polar surface area (TPSA) is 29.9 Å². The highest BCUT2D eigenvalue weighted by atomic mass is 15.3. The zero-order chi connectivity index (χ0) is 13.1. The number of hydrogen-bond donors (Lipinski definition) is 1. The Hall–Kier alpha value is -1.61. The molecule has 0 saturated carbocycles. The van der Waals surface area contributed by atoms with Gasteiger partial charge in [0.1, 0.15) is 0 Å². The monoisotopic (exact) mass is 243 g/mol. The lowest BCUT2D eigenvalue weighted by Gasteiger charge is -2.14. The van der Waals surface area contributed by atoms with Crippen LogP contribution in [-0.4, -0.2) is 9.78 Å². The average Bonchev–Trinajstić information content (AvgIpc) is 2.62. The van der Waals surface area contributed by atoms with E-state index in [2.05, 4.69) is 55.5 Å². The van der Waals surface area contributed by atoms with Crippen molar-refractivity contribution in [2.45, 2.75) is 33.4 Å². The average molecular weight is 243 g/mol. The van der Waals surface area contributed by atoms with Crippen molar-refractivity contribution in [2.75, 3.05) is 0 Å². The van der Waals surface area contributed by atoms with Gasteiger partial charge in [0.05, 0.1) is 5.69 Å². The SMILES string of the molecule is Cc1nn(C)c(C)c1CNC(C)c1ccccc1. The maximum absolute atomic E-state index is 4.44. The lowest BCUT2D eigenvalue weighted by molar-refractivity contribution is 0.571. The number of aryl methyl sites for hydroxylation is 2. The normalized spacial score (nSPS) is 12.7. The fraction of sp³-hybridized carbons (Fsp3) is 0.400. The Labute approximate surface area is 109 Å². The summed E-state index contributed by atoms with van der Waals surface area (Å²) < 4.78 is 1.94. The molecular weight excluding hydrogens is 222 g/mol. The van der Waals surface area contributed by atoms with Crippen molar-refractivity contribution >= 4 is 0 Å². The highest BCUT2D eigenvalue weighted by Gasteiger charge is 2.10. The second-order valence-electron chi connectivity index (χ2n) is 4.79. The third-order valence-electron chi connectivity index (χ3n) is 3.54. The molecule has 3 heteroatoms. The van der Waals surface area contributed by atoms with Crippen molar-refractivity contribution in [1.29, 1.82) is 0 Å². The summed E-state index contributed by atoms with van der Waals surface area (Å²) in [7, 11) is 1.99. The van der Waals surface area contributed by atoms with E-state index in [0.29, 0.717) is 6.04 Å². The molecule has 1 aromatic heterocycles. The van der Waals surface area contributed by atoms with Crippen LogP contribution in [-0.2, 0) is 13.6 Å². The van der Waals surface area contributed by atoms with Gasteiger partial charge in [-0.1, -0.05) is 30.3 Å². The number of benzene rings is 1. The van der Waals surface area contributed by atoms with Crippen molar-refractivity contribution in [3.05, 3.63) is 52.8 Å². The highest BCUT2D eigenvalue weighted by Crippen LogP contribution is 2.15. The van der Waals surface area contributed by atoms with Crippen molar-refractivity contribution in [2.24, 2.45) is 7.05 Å². The Kier molecular flexibility index (Phi) is 3.82. The van der Waals surface area contributed by atoms with Crippen molar-refractivity contribution in [3.63, 3.8) is 0 Å². The molecule has 2 aromatic rings. The second kappa shape index (κ2) is 5.36. The lowest BCUT2D eigenvalue weighted by Crippen LogP contribution is -2.18. The molecule has 1 heterocycles. The zero-order valence-corrected chi connectivity index (χ0v) is 11.6. The molecule has 1 aromatic carbocycles. The molecule has 0 aliphatic rings. The number of rotatable bonds is 4. The Morgan fingerprint density at radius 3 is 2.44 bits per heavy atom. The summed E-state index contributed by atoms with van der Waals surface area (Å²) in [6.07, 6.45) is 0. The molecule has 0 saturated heterocycles. The molecule has 0 amide bonds. The van der Waals surface area contributed by atoms with Gasteiger partial charge in [-0.3, -0.25) is 4.68 Å². The molecule has 0 bridgehead atoms. The molecular formula is C15H21N3. The minimum atomic E-state index is 0.352. The largest absolute Gasteiger partial charge is 0.306 e. The molecule has 96 valence electrons. The number of hydrogen-bond acceptors (Lipinski definition) is 2. The van der Waals surface area contributed by atoms with Gasteiger partial charge in [-0.15, -0.1) is 0 Å². The first-order valence-corrected chi connectivity index (χ1v) is 6.37. The van der Waals surface area contributed by atoms with Crippen LogP contribution in [0.4, 0.5) is 0 Å². The number of nitrogens with zero attached hydrogens (tertiary/aromatic N) is 2. The summed E-state index contributed by atoms with van der Waals surface area (Å²) in [5.41, 5.74) is 4.97. The smallest absolute Gasteiger partial charge is 0.0641 e. The Bertz CT molecular complexity index is 514. The van der Waals surface area contributed by atoms with Crippen LogP contribution in [0.25, 0.3) is 0 Å². The van der Waals surface area contributed by atoms with Gasteiger partial charge in [0, 0.05) is 30.9 Å². The van der Waals surface area contributed by atoms with E-state index in [1.807, 2.05) is 17.8 Å². The van der Waals surface area contributed by atoms with Crippen LogP contribution < -0.4 is 5.32 Å². The van der Waals surface area contributed by atoms with Crippen LogP contribution in [0.15, 0.2) is 30.3 Å². The van der Waals surface area contributed by atoms with Crippen LogP contribution >= 0.6 is 0 Å². The molecule has 0 fully saturated rings. The van der Waals surface area contributed by atoms with Crippen LogP contribution in [0.1, 0.15) is 35.5 Å². The first kappa shape index (κ1) is 12.8. The van der Waals surface area contributed by atoms with Crippen molar-refractivity contribution in [3.8, 4) is 0 Å². The standard InChI is InChI=1S/C15H21N3/c1-11(14-8-6-5-7-9-14)16-10-15-12(2)17-18(4)13(15)3/h5-9,11,16H,10H2,1-4H3. The molecule has 18 heavy (non-hydrogen) atoms. The van der Waals surface area contributed by atoms with E-state index in [0.717, 1.165) is 12.2 Å². The third-order valence-corrected chi connectivity index (χ3v) is 3.54. The Morgan fingerprint density at radius 2 is 1.89 bits per heavy atom. The van der Waals surface area contributed by atoms with E-state index in [-0.39, 0.29) is 0 Å². The molecule has 1 N–H and O–H groups in total. The van der Waals surface area contributed by atoms with Crippen molar-refractivity contribution in [1.82, 2.24) is 15.1 Å². The van der Waals surface area contributed by atoms with Crippen LogP contribution in [0.2, 0.25) is 0 Å². The van der Waals surface area contributed by atoms with Gasteiger partial charge in [-0.25, -0.2) is 0 Å². The van der Waals surface area contributed by atoms with Gasteiger partial charge in [0.25, 0.3) is 0 Å². The quantitative estimate of drug-likeness (QED) is 0.895. The second-order valence-corrected chi connectivity index (χ2v) is 4.79. The van der Waals surface area contributed by atoms with Gasteiger partial charge < -0.3 is 5.32 Å². The molecule has 0 radical (unpaired) electrons. The molecule has 0 aliphatic carbocycles. The predicted octanol–water partition coefficient (Wildman–Crippen LogP) is 2.89. The fourth-order valence-electron chi connectivity index (χ4n) is 2.19. The van der Waals surface area contributed by atoms with Crippen LogP contribution in [0.3, 0.4) is 0 Å². The van der Waals surface area contributed by atoms with Crippen molar-refractivity contribution < 1.29 is 0 Å². The van der Waals surface area contributed by atoms with E-state index in [4.69, 9.17) is 0 Å². The molecule has 0 spiro atoms. The Morgan fingerprint density at radius 1 is 1.22 bits per heavy atom. The van der Waals surface area contributed by atoms with Gasteiger partial charge >= 0.3 is 0 Å². The van der Waals surface area contributed by atoms with Crippen LogP contribution in [0.5, 0.6) is 0 Å². The summed E-state index contributed by atoms with van der Waals surface area (Å²) >= 11 is 0. The first-order chi connectivity index (χ1) is 8.59. The molecule has 1 unspecified atom stereocenters. The molecule has 1 atom stereocenters. The third kappa shape index (κ3) is 2.62. The minimum Gasteiger partial charge on any atom is -0.306 e. The Balaban J connectivity index is 2.04. The number of nitrogens with one attached hydrogen (secondary N) is 1. The first-order valence-electron chi connectivity index (χ1n) is 6.37. The van der Waals surface area contributed by atoms with Gasteiger partial charge in [0.2, 0.25) is 0 Å². The van der Waals surface area contributed by atoms with E-state index in [9.17, 15) is 0 Å². The molecule has 0 aliphatic heterocycles. The van der Waals surface area contributed by atoms with E-state index in [1.54, 1.807) is 0 Å². The lowest BCUT2D eigenvalue weighted by atomic mass is 10.1.